The Balaban J connectivity index is 2.02. The fourth-order valence-corrected chi connectivity index (χ4v) is 1.62. The SMILES string of the molecule is Cc1nnc(CN2CCNC(=O)[C@@H]2C)o1. The molecular weight excluding hydrogens is 196 g/mol. The fourth-order valence-electron chi connectivity index (χ4n) is 1.62. The van der Waals surface area contributed by atoms with Gasteiger partial charge in [-0.15, -0.1) is 10.2 Å². The lowest BCUT2D eigenvalue weighted by Crippen LogP contribution is -2.53. The molecule has 0 saturated carbocycles. The summed E-state index contributed by atoms with van der Waals surface area (Å²) < 4.78 is 5.27. The van der Waals surface area contributed by atoms with E-state index in [9.17, 15) is 4.79 Å². The lowest BCUT2D eigenvalue weighted by molar-refractivity contribution is -0.128. The first-order chi connectivity index (χ1) is 7.16. The summed E-state index contributed by atoms with van der Waals surface area (Å²) in [4.78, 5) is 13.4. The zero-order valence-corrected chi connectivity index (χ0v) is 8.86. The van der Waals surface area contributed by atoms with E-state index in [0.717, 1.165) is 6.54 Å². The monoisotopic (exact) mass is 210 g/mol. The number of nitrogens with one attached hydrogen (secondary N) is 1. The molecule has 1 aromatic heterocycles. The van der Waals surface area contributed by atoms with Crippen molar-refractivity contribution in [3.63, 3.8) is 0 Å². The van der Waals surface area contributed by atoms with Gasteiger partial charge in [0.25, 0.3) is 0 Å². The lowest BCUT2D eigenvalue weighted by Gasteiger charge is -2.31. The van der Waals surface area contributed by atoms with E-state index >= 15 is 0 Å². The Kier molecular flexibility index (Phi) is 2.68. The maximum absolute atomic E-state index is 11.4. The summed E-state index contributed by atoms with van der Waals surface area (Å²) in [6.07, 6.45) is 0. The van der Waals surface area contributed by atoms with Crippen LogP contribution in [-0.2, 0) is 11.3 Å². The second kappa shape index (κ2) is 3.98. The number of carbonyl (C=O) groups is 1. The number of aromatic nitrogens is 2. The highest BCUT2D eigenvalue weighted by Gasteiger charge is 2.26. The number of hydrogen-bond acceptors (Lipinski definition) is 5. The molecule has 1 atom stereocenters. The molecule has 0 bridgehead atoms. The van der Waals surface area contributed by atoms with Crippen LogP contribution >= 0.6 is 0 Å². The first kappa shape index (κ1) is 10.1. The normalized spacial score (nSPS) is 22.8. The number of aryl methyl sites for hydroxylation is 1. The Labute approximate surface area is 87.7 Å². The van der Waals surface area contributed by atoms with Crippen molar-refractivity contribution in [1.82, 2.24) is 20.4 Å². The Morgan fingerprint density at radius 1 is 1.60 bits per heavy atom. The predicted octanol–water partition coefficient (Wildman–Crippen LogP) is -0.302. The lowest BCUT2D eigenvalue weighted by atomic mass is 10.2. The van der Waals surface area contributed by atoms with Gasteiger partial charge in [-0.1, -0.05) is 0 Å². The van der Waals surface area contributed by atoms with Gasteiger partial charge in [0.2, 0.25) is 17.7 Å². The molecule has 1 N–H and O–H groups in total. The molecule has 15 heavy (non-hydrogen) atoms. The molecule has 0 aromatic carbocycles. The molecule has 1 fully saturated rings. The molecule has 1 amide bonds. The molecule has 0 aliphatic carbocycles. The molecule has 1 aromatic rings. The third kappa shape index (κ3) is 2.15. The highest BCUT2D eigenvalue weighted by molar-refractivity contribution is 5.81. The van der Waals surface area contributed by atoms with Gasteiger partial charge in [0.15, 0.2) is 0 Å². The van der Waals surface area contributed by atoms with Gasteiger partial charge >= 0.3 is 0 Å². The van der Waals surface area contributed by atoms with E-state index in [1.165, 1.54) is 0 Å². The molecule has 0 unspecified atom stereocenters. The third-order valence-corrected chi connectivity index (χ3v) is 2.53. The van der Waals surface area contributed by atoms with Crippen LogP contribution in [0.25, 0.3) is 0 Å². The van der Waals surface area contributed by atoms with Crippen molar-refractivity contribution in [1.29, 1.82) is 0 Å². The molecule has 6 heteroatoms. The van der Waals surface area contributed by atoms with Crippen molar-refractivity contribution in [3.8, 4) is 0 Å². The zero-order valence-electron chi connectivity index (χ0n) is 8.86. The number of carbonyl (C=O) groups excluding carboxylic acids is 1. The maximum Gasteiger partial charge on any atom is 0.237 e. The van der Waals surface area contributed by atoms with Crippen LogP contribution in [0.3, 0.4) is 0 Å². The minimum absolute atomic E-state index is 0.0532. The van der Waals surface area contributed by atoms with Crippen LogP contribution in [-0.4, -0.2) is 40.1 Å². The molecule has 0 radical (unpaired) electrons. The molecule has 1 saturated heterocycles. The topological polar surface area (TPSA) is 71.3 Å². The minimum Gasteiger partial charge on any atom is -0.424 e. The van der Waals surface area contributed by atoms with E-state index in [4.69, 9.17) is 4.42 Å². The van der Waals surface area contributed by atoms with Crippen LogP contribution in [0.4, 0.5) is 0 Å². The summed E-state index contributed by atoms with van der Waals surface area (Å²) in [6, 6.07) is -0.133. The van der Waals surface area contributed by atoms with Crippen molar-refractivity contribution in [2.45, 2.75) is 26.4 Å². The summed E-state index contributed by atoms with van der Waals surface area (Å²) in [5, 5.41) is 10.5. The average molecular weight is 210 g/mol. The number of amides is 1. The predicted molar refractivity (Wildman–Crippen MR) is 51.9 cm³/mol. The molecule has 0 spiro atoms. The van der Waals surface area contributed by atoms with Crippen LogP contribution in [0.5, 0.6) is 0 Å². The van der Waals surface area contributed by atoms with Crippen molar-refractivity contribution in [2.24, 2.45) is 0 Å². The average Bonchev–Trinajstić information content (AvgIpc) is 2.59. The van der Waals surface area contributed by atoms with Crippen LogP contribution in [0.15, 0.2) is 4.42 Å². The van der Waals surface area contributed by atoms with Crippen molar-refractivity contribution >= 4 is 5.91 Å². The first-order valence-electron chi connectivity index (χ1n) is 4.97. The van der Waals surface area contributed by atoms with Gasteiger partial charge in [-0.25, -0.2) is 0 Å². The van der Waals surface area contributed by atoms with Gasteiger partial charge in [0.1, 0.15) is 0 Å². The molecular formula is C9H14N4O2. The Bertz CT molecular complexity index is 363. The van der Waals surface area contributed by atoms with Gasteiger partial charge in [-0.05, 0) is 6.92 Å². The second-order valence-electron chi connectivity index (χ2n) is 3.65. The highest BCUT2D eigenvalue weighted by Crippen LogP contribution is 2.09. The minimum atomic E-state index is -0.133. The summed E-state index contributed by atoms with van der Waals surface area (Å²) >= 11 is 0. The van der Waals surface area contributed by atoms with E-state index in [2.05, 4.69) is 15.5 Å². The van der Waals surface area contributed by atoms with Gasteiger partial charge in [0, 0.05) is 20.0 Å². The standard InChI is InChI=1S/C9H14N4O2/c1-6-9(14)10-3-4-13(6)5-8-12-11-7(2)15-8/h6H,3-5H2,1-2H3,(H,10,14)/t6-/m0/s1. The Morgan fingerprint density at radius 3 is 3.07 bits per heavy atom. The zero-order chi connectivity index (χ0) is 10.8. The van der Waals surface area contributed by atoms with E-state index in [0.29, 0.717) is 24.9 Å². The highest BCUT2D eigenvalue weighted by atomic mass is 16.4. The van der Waals surface area contributed by atoms with Crippen LogP contribution in [0.2, 0.25) is 0 Å². The molecule has 6 nitrogen and oxygen atoms in total. The summed E-state index contributed by atoms with van der Waals surface area (Å²) in [5.41, 5.74) is 0. The van der Waals surface area contributed by atoms with Crippen molar-refractivity contribution < 1.29 is 9.21 Å². The quantitative estimate of drug-likeness (QED) is 0.725. The number of hydrogen-bond donors (Lipinski definition) is 1. The van der Waals surface area contributed by atoms with Crippen LogP contribution < -0.4 is 5.32 Å². The van der Waals surface area contributed by atoms with E-state index in [1.807, 2.05) is 11.8 Å². The van der Waals surface area contributed by atoms with E-state index < -0.39 is 0 Å². The number of nitrogens with zero attached hydrogens (tertiary/aromatic N) is 3. The summed E-state index contributed by atoms with van der Waals surface area (Å²) in [5.74, 6) is 1.17. The van der Waals surface area contributed by atoms with Crippen LogP contribution in [0, 0.1) is 6.92 Å². The molecule has 82 valence electrons. The van der Waals surface area contributed by atoms with Gasteiger partial charge in [-0.2, -0.15) is 0 Å². The number of rotatable bonds is 2. The van der Waals surface area contributed by atoms with Gasteiger partial charge < -0.3 is 9.73 Å². The van der Waals surface area contributed by atoms with Gasteiger partial charge in [0.05, 0.1) is 12.6 Å². The first-order valence-corrected chi connectivity index (χ1v) is 4.97. The summed E-state index contributed by atoms with van der Waals surface area (Å²) in [7, 11) is 0. The van der Waals surface area contributed by atoms with Crippen LogP contribution in [0.1, 0.15) is 18.7 Å². The Hall–Kier alpha value is -1.43. The van der Waals surface area contributed by atoms with E-state index in [1.54, 1.807) is 6.92 Å². The third-order valence-electron chi connectivity index (χ3n) is 2.53. The molecule has 2 heterocycles. The summed E-state index contributed by atoms with van der Waals surface area (Å²) in [6.45, 7) is 5.65. The molecule has 1 aliphatic heterocycles. The van der Waals surface area contributed by atoms with E-state index in [-0.39, 0.29) is 11.9 Å². The largest absolute Gasteiger partial charge is 0.424 e. The van der Waals surface area contributed by atoms with Crippen molar-refractivity contribution in [2.75, 3.05) is 13.1 Å². The number of piperazine rings is 1. The van der Waals surface area contributed by atoms with Crippen molar-refractivity contribution in [3.05, 3.63) is 11.8 Å². The van der Waals surface area contributed by atoms with Gasteiger partial charge in [-0.3, -0.25) is 9.69 Å². The molecule has 1 aliphatic rings. The smallest absolute Gasteiger partial charge is 0.237 e. The maximum atomic E-state index is 11.4. The molecule has 2 rings (SSSR count). The fraction of sp³-hybridized carbons (Fsp3) is 0.667. The second-order valence-corrected chi connectivity index (χ2v) is 3.65. The Morgan fingerprint density at radius 2 is 2.40 bits per heavy atom.